The third kappa shape index (κ3) is 8.42. The SMILES string of the molecule is CCC(=O)c1cc(Oc2ccc(CNC(=O)Nc3ccccc3OCCCN(C)C)cc2)ccn1. The summed E-state index contributed by atoms with van der Waals surface area (Å²) in [6.07, 6.45) is 2.84. The van der Waals surface area contributed by atoms with Gasteiger partial charge in [-0.25, -0.2) is 4.79 Å². The van der Waals surface area contributed by atoms with Gasteiger partial charge in [-0.15, -0.1) is 0 Å². The molecular weight excluding hydrogens is 444 g/mol. The molecule has 0 unspecified atom stereocenters. The minimum atomic E-state index is -0.320. The van der Waals surface area contributed by atoms with Crippen LogP contribution in [0.15, 0.2) is 66.9 Å². The van der Waals surface area contributed by atoms with Gasteiger partial charge in [0.2, 0.25) is 0 Å². The molecule has 1 aromatic heterocycles. The van der Waals surface area contributed by atoms with Crippen molar-refractivity contribution in [1.82, 2.24) is 15.2 Å². The zero-order valence-electron chi connectivity index (χ0n) is 20.4. The number of ketones is 1. The molecule has 0 aliphatic rings. The molecule has 1 heterocycles. The number of carbonyl (C=O) groups is 2. The summed E-state index contributed by atoms with van der Waals surface area (Å²) in [5, 5.41) is 5.70. The third-order valence-corrected chi connectivity index (χ3v) is 5.09. The molecule has 184 valence electrons. The quantitative estimate of drug-likeness (QED) is 0.278. The molecule has 8 heteroatoms. The number of aromatic nitrogens is 1. The Bertz CT molecular complexity index is 1120. The van der Waals surface area contributed by atoms with Crippen molar-refractivity contribution < 1.29 is 19.1 Å². The van der Waals surface area contributed by atoms with Gasteiger partial charge in [0.1, 0.15) is 22.9 Å². The number of amides is 2. The molecule has 35 heavy (non-hydrogen) atoms. The number of carbonyl (C=O) groups excluding carboxylic acids is 2. The molecule has 3 aromatic rings. The van der Waals surface area contributed by atoms with Crippen LogP contribution in [0, 0.1) is 0 Å². The van der Waals surface area contributed by atoms with Gasteiger partial charge in [0.05, 0.1) is 12.3 Å². The smallest absolute Gasteiger partial charge is 0.319 e. The second-order valence-corrected chi connectivity index (χ2v) is 8.21. The highest BCUT2D eigenvalue weighted by Crippen LogP contribution is 2.24. The van der Waals surface area contributed by atoms with Gasteiger partial charge in [-0.2, -0.15) is 0 Å². The maximum Gasteiger partial charge on any atom is 0.319 e. The lowest BCUT2D eigenvalue weighted by atomic mass is 10.2. The number of hydrogen-bond donors (Lipinski definition) is 2. The van der Waals surface area contributed by atoms with Gasteiger partial charge >= 0.3 is 6.03 Å². The van der Waals surface area contributed by atoms with E-state index in [0.717, 1.165) is 18.5 Å². The zero-order valence-corrected chi connectivity index (χ0v) is 20.4. The van der Waals surface area contributed by atoms with Gasteiger partial charge in [0, 0.05) is 31.8 Å². The fourth-order valence-electron chi connectivity index (χ4n) is 3.23. The molecule has 3 rings (SSSR count). The number of benzene rings is 2. The minimum Gasteiger partial charge on any atom is -0.491 e. The summed E-state index contributed by atoms with van der Waals surface area (Å²) in [4.78, 5) is 30.5. The number of rotatable bonds is 12. The number of para-hydroxylation sites is 2. The van der Waals surface area contributed by atoms with Gasteiger partial charge in [-0.05, 0) is 56.4 Å². The van der Waals surface area contributed by atoms with Crippen molar-refractivity contribution in [3.05, 3.63) is 78.1 Å². The number of Topliss-reactive ketones (excluding diaryl/α,β-unsaturated/α-hetero) is 1. The molecule has 0 aliphatic carbocycles. The van der Waals surface area contributed by atoms with Crippen LogP contribution in [0.2, 0.25) is 0 Å². The van der Waals surface area contributed by atoms with Crippen molar-refractivity contribution in [2.24, 2.45) is 0 Å². The monoisotopic (exact) mass is 476 g/mol. The van der Waals surface area contributed by atoms with Gasteiger partial charge in [0.25, 0.3) is 0 Å². The molecule has 2 N–H and O–H groups in total. The van der Waals surface area contributed by atoms with E-state index in [-0.39, 0.29) is 11.8 Å². The Kier molecular flexibility index (Phi) is 9.62. The predicted molar refractivity (Wildman–Crippen MR) is 136 cm³/mol. The van der Waals surface area contributed by atoms with Crippen molar-refractivity contribution in [1.29, 1.82) is 0 Å². The summed E-state index contributed by atoms with van der Waals surface area (Å²) in [5.74, 6) is 1.78. The first-order chi connectivity index (χ1) is 16.9. The third-order valence-electron chi connectivity index (χ3n) is 5.09. The van der Waals surface area contributed by atoms with Crippen LogP contribution in [0.25, 0.3) is 0 Å². The minimum absolute atomic E-state index is 0.0336. The number of nitrogens with one attached hydrogen (secondary N) is 2. The van der Waals surface area contributed by atoms with Crippen LogP contribution >= 0.6 is 0 Å². The summed E-state index contributed by atoms with van der Waals surface area (Å²) in [6.45, 7) is 3.65. The number of anilines is 1. The molecule has 2 aromatic carbocycles. The highest BCUT2D eigenvalue weighted by atomic mass is 16.5. The summed E-state index contributed by atoms with van der Waals surface area (Å²) >= 11 is 0. The van der Waals surface area contributed by atoms with Crippen LogP contribution in [0.5, 0.6) is 17.2 Å². The molecule has 0 radical (unpaired) electrons. The highest BCUT2D eigenvalue weighted by molar-refractivity contribution is 5.94. The highest BCUT2D eigenvalue weighted by Gasteiger charge is 2.09. The molecule has 0 fully saturated rings. The first-order valence-corrected chi connectivity index (χ1v) is 11.6. The first-order valence-electron chi connectivity index (χ1n) is 11.6. The molecule has 8 nitrogen and oxygen atoms in total. The maximum absolute atomic E-state index is 12.4. The Morgan fingerprint density at radius 2 is 1.77 bits per heavy atom. The summed E-state index contributed by atoms with van der Waals surface area (Å²) in [7, 11) is 4.04. The molecule has 0 atom stereocenters. The fourth-order valence-corrected chi connectivity index (χ4v) is 3.23. The normalized spacial score (nSPS) is 10.6. The van der Waals surface area contributed by atoms with Gasteiger partial charge in [-0.1, -0.05) is 31.2 Å². The topological polar surface area (TPSA) is 92.8 Å². The second-order valence-electron chi connectivity index (χ2n) is 8.21. The molecule has 0 spiro atoms. The Morgan fingerprint density at radius 1 is 1.00 bits per heavy atom. The van der Waals surface area contributed by atoms with Crippen LogP contribution in [0.1, 0.15) is 35.8 Å². The average molecular weight is 477 g/mol. The molecule has 0 bridgehead atoms. The molecule has 0 saturated carbocycles. The molecule has 0 aliphatic heterocycles. The number of nitrogens with zero attached hydrogens (tertiary/aromatic N) is 2. The van der Waals surface area contributed by atoms with E-state index < -0.39 is 0 Å². The number of ether oxygens (including phenoxy) is 2. The Morgan fingerprint density at radius 3 is 2.51 bits per heavy atom. The lowest BCUT2D eigenvalue weighted by molar-refractivity contribution is 0.0983. The van der Waals surface area contributed by atoms with Gasteiger partial charge < -0.3 is 25.0 Å². The van der Waals surface area contributed by atoms with E-state index in [9.17, 15) is 9.59 Å². The van der Waals surface area contributed by atoms with E-state index in [4.69, 9.17) is 9.47 Å². The largest absolute Gasteiger partial charge is 0.491 e. The van der Waals surface area contributed by atoms with E-state index >= 15 is 0 Å². The average Bonchev–Trinajstić information content (AvgIpc) is 2.86. The van der Waals surface area contributed by atoms with Crippen molar-refractivity contribution in [3.8, 4) is 17.2 Å². The standard InChI is InChI=1S/C27H32N4O4/c1-4-25(32)24-18-22(14-15-28-24)35-21-12-10-20(11-13-21)19-29-27(33)30-23-8-5-6-9-26(23)34-17-7-16-31(2)3/h5-6,8-15,18H,4,7,16-17,19H2,1-3H3,(H2,29,30,33). The second kappa shape index (κ2) is 13.1. The lowest BCUT2D eigenvalue weighted by Crippen LogP contribution is -2.28. The van der Waals surface area contributed by atoms with Crippen LogP contribution < -0.4 is 20.1 Å². The Hall–Kier alpha value is -3.91. The predicted octanol–water partition coefficient (Wildman–Crippen LogP) is 5.12. The van der Waals surface area contributed by atoms with Crippen LogP contribution in [-0.2, 0) is 6.54 Å². The summed E-state index contributed by atoms with van der Waals surface area (Å²) in [5.41, 5.74) is 1.92. The van der Waals surface area contributed by atoms with Crippen LogP contribution in [-0.4, -0.2) is 48.9 Å². The number of hydrogen-bond acceptors (Lipinski definition) is 6. The lowest BCUT2D eigenvalue weighted by Gasteiger charge is -2.14. The number of pyridine rings is 1. The van der Waals surface area contributed by atoms with E-state index in [2.05, 4.69) is 20.5 Å². The van der Waals surface area contributed by atoms with Crippen molar-refractivity contribution >= 4 is 17.5 Å². The molecule has 2 amide bonds. The van der Waals surface area contributed by atoms with E-state index in [1.165, 1.54) is 0 Å². The van der Waals surface area contributed by atoms with Crippen LogP contribution in [0.3, 0.4) is 0 Å². The Labute approximate surface area is 206 Å². The summed E-state index contributed by atoms with van der Waals surface area (Å²) in [6, 6.07) is 17.8. The van der Waals surface area contributed by atoms with Crippen molar-refractivity contribution in [2.75, 3.05) is 32.6 Å². The maximum atomic E-state index is 12.4. The number of urea groups is 1. The van der Waals surface area contributed by atoms with Crippen molar-refractivity contribution in [2.45, 2.75) is 26.3 Å². The Balaban J connectivity index is 1.49. The van der Waals surface area contributed by atoms with Gasteiger partial charge in [0.15, 0.2) is 5.78 Å². The van der Waals surface area contributed by atoms with E-state index in [1.54, 1.807) is 25.3 Å². The van der Waals surface area contributed by atoms with Crippen LogP contribution in [0.4, 0.5) is 10.5 Å². The molecule has 0 saturated heterocycles. The fraction of sp³-hybridized carbons (Fsp3) is 0.296. The van der Waals surface area contributed by atoms with Crippen molar-refractivity contribution in [3.63, 3.8) is 0 Å². The van der Waals surface area contributed by atoms with E-state index in [1.807, 2.05) is 62.6 Å². The zero-order chi connectivity index (χ0) is 25.0. The molecular formula is C27H32N4O4. The van der Waals surface area contributed by atoms with E-state index in [0.29, 0.717) is 48.2 Å². The first kappa shape index (κ1) is 25.7. The van der Waals surface area contributed by atoms with Gasteiger partial charge in [-0.3, -0.25) is 9.78 Å². The summed E-state index contributed by atoms with van der Waals surface area (Å²) < 4.78 is 11.7.